The van der Waals surface area contributed by atoms with Crippen molar-refractivity contribution >= 4 is 22.4 Å². The fraction of sp³-hybridized carbons (Fsp3) is 0.300. The SMILES string of the molecule is CCCn1c(C)cc(-c2csc(NC(=O)COc3ccc(O)cc3)n2)c1C. The van der Waals surface area contributed by atoms with Crippen LogP contribution in [-0.2, 0) is 11.3 Å². The van der Waals surface area contributed by atoms with Gasteiger partial charge in [-0.3, -0.25) is 10.1 Å². The zero-order chi connectivity index (χ0) is 19.4. The summed E-state index contributed by atoms with van der Waals surface area (Å²) in [6.45, 7) is 7.23. The normalized spacial score (nSPS) is 10.8. The molecule has 1 aromatic carbocycles. The fourth-order valence-electron chi connectivity index (χ4n) is 2.93. The van der Waals surface area contributed by atoms with Gasteiger partial charge in [-0.2, -0.15) is 0 Å². The highest BCUT2D eigenvalue weighted by Crippen LogP contribution is 2.30. The number of aryl methyl sites for hydroxylation is 1. The second-order valence-electron chi connectivity index (χ2n) is 6.31. The van der Waals surface area contributed by atoms with Crippen molar-refractivity contribution in [1.29, 1.82) is 0 Å². The lowest BCUT2D eigenvalue weighted by Gasteiger charge is -2.07. The van der Waals surface area contributed by atoms with Crippen LogP contribution in [-0.4, -0.2) is 27.2 Å². The molecule has 2 heterocycles. The largest absolute Gasteiger partial charge is 0.508 e. The summed E-state index contributed by atoms with van der Waals surface area (Å²) >= 11 is 1.39. The molecule has 2 aromatic heterocycles. The van der Waals surface area contributed by atoms with Gasteiger partial charge in [-0.1, -0.05) is 6.92 Å². The lowest BCUT2D eigenvalue weighted by atomic mass is 10.2. The van der Waals surface area contributed by atoms with Gasteiger partial charge in [0, 0.05) is 28.9 Å². The maximum absolute atomic E-state index is 12.1. The standard InChI is InChI=1S/C20H23N3O3S/c1-4-9-23-13(2)10-17(14(23)3)18-12-27-20(21-18)22-19(25)11-26-16-7-5-15(24)6-8-16/h5-8,10,12,24H,4,9,11H2,1-3H3,(H,21,22,25). The molecule has 0 radical (unpaired) electrons. The number of carbonyl (C=O) groups excluding carboxylic acids is 1. The molecule has 0 saturated carbocycles. The van der Waals surface area contributed by atoms with Gasteiger partial charge in [-0.25, -0.2) is 4.98 Å². The van der Waals surface area contributed by atoms with Crippen LogP contribution >= 0.6 is 11.3 Å². The Balaban J connectivity index is 1.63. The average molecular weight is 385 g/mol. The molecule has 142 valence electrons. The number of hydrogen-bond donors (Lipinski definition) is 2. The van der Waals surface area contributed by atoms with E-state index >= 15 is 0 Å². The maximum atomic E-state index is 12.1. The summed E-state index contributed by atoms with van der Waals surface area (Å²) in [5, 5.41) is 14.5. The molecule has 0 aliphatic heterocycles. The molecule has 0 aliphatic carbocycles. The molecule has 3 aromatic rings. The Morgan fingerprint density at radius 1 is 1.30 bits per heavy atom. The van der Waals surface area contributed by atoms with Crippen molar-refractivity contribution < 1.29 is 14.6 Å². The molecule has 0 spiro atoms. The van der Waals surface area contributed by atoms with Gasteiger partial charge < -0.3 is 14.4 Å². The zero-order valence-corrected chi connectivity index (χ0v) is 16.5. The first-order valence-corrected chi connectivity index (χ1v) is 9.70. The van der Waals surface area contributed by atoms with Crippen LogP contribution in [0.4, 0.5) is 5.13 Å². The van der Waals surface area contributed by atoms with Crippen LogP contribution < -0.4 is 10.1 Å². The number of benzene rings is 1. The van der Waals surface area contributed by atoms with E-state index in [0.717, 1.165) is 24.2 Å². The van der Waals surface area contributed by atoms with Gasteiger partial charge in [0.05, 0.1) is 5.69 Å². The van der Waals surface area contributed by atoms with Crippen molar-refractivity contribution in [3.05, 3.63) is 47.1 Å². The van der Waals surface area contributed by atoms with Gasteiger partial charge in [0.15, 0.2) is 11.7 Å². The predicted octanol–water partition coefficient (Wildman–Crippen LogP) is 4.36. The molecule has 0 aliphatic rings. The van der Waals surface area contributed by atoms with E-state index in [-0.39, 0.29) is 18.3 Å². The zero-order valence-electron chi connectivity index (χ0n) is 15.7. The summed E-state index contributed by atoms with van der Waals surface area (Å²) in [7, 11) is 0. The van der Waals surface area contributed by atoms with Gasteiger partial charge in [0.2, 0.25) is 0 Å². The van der Waals surface area contributed by atoms with Crippen molar-refractivity contribution in [2.24, 2.45) is 0 Å². The van der Waals surface area contributed by atoms with Crippen molar-refractivity contribution in [3.8, 4) is 22.8 Å². The summed E-state index contributed by atoms with van der Waals surface area (Å²) in [6.07, 6.45) is 1.08. The van der Waals surface area contributed by atoms with Gasteiger partial charge in [0.25, 0.3) is 5.91 Å². The maximum Gasteiger partial charge on any atom is 0.264 e. The van der Waals surface area contributed by atoms with Crippen molar-refractivity contribution in [2.75, 3.05) is 11.9 Å². The van der Waals surface area contributed by atoms with Crippen molar-refractivity contribution in [2.45, 2.75) is 33.7 Å². The quantitative estimate of drug-likeness (QED) is 0.633. The summed E-state index contributed by atoms with van der Waals surface area (Å²) in [6, 6.07) is 8.37. The molecule has 27 heavy (non-hydrogen) atoms. The lowest BCUT2D eigenvalue weighted by molar-refractivity contribution is -0.118. The van der Waals surface area contributed by atoms with Crippen LogP contribution in [0.15, 0.2) is 35.7 Å². The summed E-state index contributed by atoms with van der Waals surface area (Å²) in [5.74, 6) is 0.395. The number of phenols is 1. The predicted molar refractivity (Wildman–Crippen MR) is 108 cm³/mol. The number of ether oxygens (including phenoxy) is 1. The Hall–Kier alpha value is -2.80. The molecule has 2 N–H and O–H groups in total. The molecule has 0 fully saturated rings. The Kier molecular flexibility index (Phi) is 5.81. The highest BCUT2D eigenvalue weighted by Gasteiger charge is 2.14. The third-order valence-electron chi connectivity index (χ3n) is 4.25. The third kappa shape index (κ3) is 4.49. The van der Waals surface area contributed by atoms with E-state index in [0.29, 0.717) is 10.9 Å². The minimum atomic E-state index is -0.277. The second kappa shape index (κ2) is 8.26. The van der Waals surface area contributed by atoms with Gasteiger partial charge in [-0.05, 0) is 50.6 Å². The van der Waals surface area contributed by atoms with E-state index < -0.39 is 0 Å². The fourth-order valence-corrected chi connectivity index (χ4v) is 3.66. The van der Waals surface area contributed by atoms with Gasteiger partial charge in [0.1, 0.15) is 11.5 Å². The summed E-state index contributed by atoms with van der Waals surface area (Å²) < 4.78 is 7.69. The van der Waals surface area contributed by atoms with E-state index in [9.17, 15) is 9.90 Å². The molecule has 7 heteroatoms. The third-order valence-corrected chi connectivity index (χ3v) is 5.01. The van der Waals surface area contributed by atoms with E-state index in [1.165, 1.54) is 34.9 Å². The highest BCUT2D eigenvalue weighted by molar-refractivity contribution is 7.14. The highest BCUT2D eigenvalue weighted by atomic mass is 32.1. The lowest BCUT2D eigenvalue weighted by Crippen LogP contribution is -2.20. The topological polar surface area (TPSA) is 76.4 Å². The molecule has 0 atom stereocenters. The van der Waals surface area contributed by atoms with E-state index in [1.807, 2.05) is 5.38 Å². The first kappa shape index (κ1) is 19.0. The number of hydrogen-bond acceptors (Lipinski definition) is 5. The van der Waals surface area contributed by atoms with Crippen LogP contribution in [0.3, 0.4) is 0 Å². The van der Waals surface area contributed by atoms with Crippen LogP contribution in [0.1, 0.15) is 24.7 Å². The minimum Gasteiger partial charge on any atom is -0.508 e. The first-order valence-electron chi connectivity index (χ1n) is 8.82. The Bertz CT molecular complexity index is 929. The summed E-state index contributed by atoms with van der Waals surface area (Å²) in [5.41, 5.74) is 4.36. The van der Waals surface area contributed by atoms with Crippen molar-refractivity contribution in [3.63, 3.8) is 0 Å². The number of phenolic OH excluding ortho intramolecular Hbond substituents is 1. The molecule has 0 unspecified atom stereocenters. The number of rotatable bonds is 7. The number of carbonyl (C=O) groups is 1. The average Bonchev–Trinajstić information content (AvgIpc) is 3.21. The number of nitrogens with one attached hydrogen (secondary N) is 1. The number of anilines is 1. The number of aromatic hydroxyl groups is 1. The monoisotopic (exact) mass is 385 g/mol. The van der Waals surface area contributed by atoms with Crippen molar-refractivity contribution in [1.82, 2.24) is 9.55 Å². The first-order chi connectivity index (χ1) is 13.0. The molecular formula is C20H23N3O3S. The molecule has 0 bridgehead atoms. The second-order valence-corrected chi connectivity index (χ2v) is 7.16. The smallest absolute Gasteiger partial charge is 0.264 e. The van der Waals surface area contributed by atoms with Crippen LogP contribution in [0.25, 0.3) is 11.3 Å². The Morgan fingerprint density at radius 3 is 2.74 bits per heavy atom. The number of amides is 1. The minimum absolute atomic E-state index is 0.120. The number of nitrogens with zero attached hydrogens (tertiary/aromatic N) is 2. The van der Waals surface area contributed by atoms with Crippen LogP contribution in [0.2, 0.25) is 0 Å². The van der Waals surface area contributed by atoms with Crippen LogP contribution in [0, 0.1) is 13.8 Å². The molecule has 3 rings (SSSR count). The summed E-state index contributed by atoms with van der Waals surface area (Å²) in [4.78, 5) is 16.6. The Labute approximate surface area is 162 Å². The number of aromatic nitrogens is 2. The molecule has 6 nitrogen and oxygen atoms in total. The van der Waals surface area contributed by atoms with E-state index in [1.54, 1.807) is 12.1 Å². The number of thiazole rings is 1. The molecular weight excluding hydrogens is 362 g/mol. The van der Waals surface area contributed by atoms with Gasteiger partial charge in [-0.15, -0.1) is 11.3 Å². The van der Waals surface area contributed by atoms with Gasteiger partial charge >= 0.3 is 0 Å². The molecule has 1 amide bonds. The van der Waals surface area contributed by atoms with E-state index in [2.05, 4.69) is 41.7 Å². The Morgan fingerprint density at radius 2 is 2.04 bits per heavy atom. The van der Waals surface area contributed by atoms with E-state index in [4.69, 9.17) is 4.74 Å². The molecule has 0 saturated heterocycles. The van der Waals surface area contributed by atoms with Crippen LogP contribution in [0.5, 0.6) is 11.5 Å².